The van der Waals surface area contributed by atoms with Crippen molar-refractivity contribution < 1.29 is 0 Å². The van der Waals surface area contributed by atoms with Crippen molar-refractivity contribution in [1.29, 1.82) is 0 Å². The van der Waals surface area contributed by atoms with Crippen LogP contribution in [0.2, 0.25) is 0 Å². The van der Waals surface area contributed by atoms with E-state index in [9.17, 15) is 0 Å². The van der Waals surface area contributed by atoms with Gasteiger partial charge in [0.25, 0.3) is 0 Å². The highest BCUT2D eigenvalue weighted by Crippen LogP contribution is 2.44. The van der Waals surface area contributed by atoms with Gasteiger partial charge in [0.2, 0.25) is 0 Å². The van der Waals surface area contributed by atoms with Crippen LogP contribution in [0, 0.1) is 5.41 Å². The van der Waals surface area contributed by atoms with Crippen LogP contribution in [0.3, 0.4) is 0 Å². The van der Waals surface area contributed by atoms with Gasteiger partial charge in [-0.15, -0.1) is 11.3 Å². The molecule has 1 atom stereocenters. The molecule has 78 valence electrons. The molecule has 1 fully saturated rings. The zero-order valence-electron chi connectivity index (χ0n) is 8.92. The molecule has 1 heterocycles. The fourth-order valence-corrected chi connectivity index (χ4v) is 3.25. The molecule has 0 aliphatic heterocycles. The minimum atomic E-state index is 0.502. The predicted octanol–water partition coefficient (Wildman–Crippen LogP) is 3.41. The smallest absolute Gasteiger partial charge is 0.180 e. The molecule has 1 unspecified atom stereocenters. The van der Waals surface area contributed by atoms with Gasteiger partial charge in [-0.3, -0.25) is 0 Å². The molecule has 0 bridgehead atoms. The first-order chi connectivity index (χ1) is 6.57. The van der Waals surface area contributed by atoms with Gasteiger partial charge in [0.05, 0.1) is 0 Å². The molecule has 14 heavy (non-hydrogen) atoms. The van der Waals surface area contributed by atoms with Crippen molar-refractivity contribution in [2.24, 2.45) is 5.41 Å². The van der Waals surface area contributed by atoms with Gasteiger partial charge in [-0.25, -0.2) is 4.98 Å². The summed E-state index contributed by atoms with van der Waals surface area (Å²) in [5.41, 5.74) is 6.16. The molecular formula is C11H18N2S. The molecule has 1 saturated carbocycles. The lowest BCUT2D eigenvalue weighted by atomic mass is 9.72. The van der Waals surface area contributed by atoms with E-state index in [2.05, 4.69) is 18.8 Å². The van der Waals surface area contributed by atoms with Crippen molar-refractivity contribution in [3.8, 4) is 0 Å². The largest absolute Gasteiger partial charge is 0.375 e. The SMILES string of the molecule is CC1(C)CCCC(c2cnc(N)s2)C1. The van der Waals surface area contributed by atoms with Gasteiger partial charge in [-0.2, -0.15) is 0 Å². The van der Waals surface area contributed by atoms with E-state index in [0.717, 1.165) is 0 Å². The summed E-state index contributed by atoms with van der Waals surface area (Å²) in [6.45, 7) is 4.73. The minimum absolute atomic E-state index is 0.502. The summed E-state index contributed by atoms with van der Waals surface area (Å²) in [6.07, 6.45) is 7.26. The summed E-state index contributed by atoms with van der Waals surface area (Å²) >= 11 is 1.66. The number of hydrogen-bond acceptors (Lipinski definition) is 3. The van der Waals surface area contributed by atoms with E-state index in [1.807, 2.05) is 6.20 Å². The number of nitrogen functional groups attached to an aromatic ring is 1. The molecule has 0 radical (unpaired) electrons. The summed E-state index contributed by atoms with van der Waals surface area (Å²) in [6, 6.07) is 0. The molecule has 2 N–H and O–H groups in total. The maximum atomic E-state index is 5.66. The predicted molar refractivity (Wildman–Crippen MR) is 61.5 cm³/mol. The van der Waals surface area contributed by atoms with E-state index in [0.29, 0.717) is 16.5 Å². The van der Waals surface area contributed by atoms with Crippen LogP contribution in [-0.2, 0) is 0 Å². The molecule has 0 saturated heterocycles. The highest BCUT2D eigenvalue weighted by Gasteiger charge is 2.29. The number of aromatic nitrogens is 1. The Labute approximate surface area is 89.5 Å². The summed E-state index contributed by atoms with van der Waals surface area (Å²) in [4.78, 5) is 5.52. The third-order valence-electron chi connectivity index (χ3n) is 3.15. The molecule has 3 heteroatoms. The molecule has 0 amide bonds. The van der Waals surface area contributed by atoms with Gasteiger partial charge in [-0.1, -0.05) is 20.3 Å². The van der Waals surface area contributed by atoms with Crippen molar-refractivity contribution in [2.75, 3.05) is 5.73 Å². The quantitative estimate of drug-likeness (QED) is 0.771. The second kappa shape index (κ2) is 3.54. The standard InChI is InChI=1S/C11H18N2S/c1-11(2)5-3-4-8(6-11)9-7-13-10(12)14-9/h7-8H,3-6H2,1-2H3,(H2,12,13). The number of nitrogens with two attached hydrogens (primary N) is 1. The van der Waals surface area contributed by atoms with E-state index in [-0.39, 0.29) is 0 Å². The van der Waals surface area contributed by atoms with Crippen LogP contribution in [0.5, 0.6) is 0 Å². The Morgan fingerprint density at radius 2 is 2.36 bits per heavy atom. The summed E-state index contributed by atoms with van der Waals surface area (Å²) in [5.74, 6) is 0.702. The maximum absolute atomic E-state index is 5.66. The second-order valence-corrected chi connectivity index (χ2v) is 6.15. The summed E-state index contributed by atoms with van der Waals surface area (Å²) in [7, 11) is 0. The Morgan fingerprint density at radius 1 is 1.57 bits per heavy atom. The lowest BCUT2D eigenvalue weighted by Crippen LogP contribution is -2.20. The van der Waals surface area contributed by atoms with Crippen LogP contribution >= 0.6 is 11.3 Å². The van der Waals surface area contributed by atoms with Gasteiger partial charge in [-0.05, 0) is 30.6 Å². The van der Waals surface area contributed by atoms with Crippen molar-refractivity contribution in [3.63, 3.8) is 0 Å². The van der Waals surface area contributed by atoms with Crippen LogP contribution in [-0.4, -0.2) is 4.98 Å². The van der Waals surface area contributed by atoms with Gasteiger partial charge < -0.3 is 5.73 Å². The van der Waals surface area contributed by atoms with Gasteiger partial charge >= 0.3 is 0 Å². The lowest BCUT2D eigenvalue weighted by Gasteiger charge is -2.34. The van der Waals surface area contributed by atoms with Crippen molar-refractivity contribution in [3.05, 3.63) is 11.1 Å². The zero-order chi connectivity index (χ0) is 10.2. The van der Waals surface area contributed by atoms with Gasteiger partial charge in [0.1, 0.15) is 0 Å². The zero-order valence-corrected chi connectivity index (χ0v) is 9.73. The number of thiazole rings is 1. The van der Waals surface area contributed by atoms with E-state index in [1.54, 1.807) is 11.3 Å². The number of nitrogens with zero attached hydrogens (tertiary/aromatic N) is 1. The fraction of sp³-hybridized carbons (Fsp3) is 0.727. The van der Waals surface area contributed by atoms with Crippen LogP contribution in [0.1, 0.15) is 50.3 Å². The Morgan fingerprint density at radius 3 is 2.93 bits per heavy atom. The van der Waals surface area contributed by atoms with E-state index >= 15 is 0 Å². The van der Waals surface area contributed by atoms with E-state index in [1.165, 1.54) is 30.6 Å². The molecule has 2 rings (SSSR count). The highest BCUT2D eigenvalue weighted by atomic mass is 32.1. The molecule has 0 aromatic carbocycles. The first-order valence-corrected chi connectivity index (χ1v) is 6.10. The average Bonchev–Trinajstić information content (AvgIpc) is 2.50. The van der Waals surface area contributed by atoms with Crippen LogP contribution in [0.25, 0.3) is 0 Å². The van der Waals surface area contributed by atoms with Crippen molar-refractivity contribution in [2.45, 2.75) is 45.4 Å². The highest BCUT2D eigenvalue weighted by molar-refractivity contribution is 7.15. The number of hydrogen-bond donors (Lipinski definition) is 1. The van der Waals surface area contributed by atoms with Gasteiger partial charge in [0, 0.05) is 11.1 Å². The van der Waals surface area contributed by atoms with Gasteiger partial charge in [0.15, 0.2) is 5.13 Å². The maximum Gasteiger partial charge on any atom is 0.180 e. The average molecular weight is 210 g/mol. The molecular weight excluding hydrogens is 192 g/mol. The minimum Gasteiger partial charge on any atom is -0.375 e. The molecule has 1 aliphatic carbocycles. The monoisotopic (exact) mass is 210 g/mol. The Bertz CT molecular complexity index is 317. The number of rotatable bonds is 1. The van der Waals surface area contributed by atoms with Crippen molar-refractivity contribution >= 4 is 16.5 Å². The third-order valence-corrected chi connectivity index (χ3v) is 4.14. The Hall–Kier alpha value is -0.570. The van der Waals surface area contributed by atoms with Crippen LogP contribution < -0.4 is 5.73 Å². The normalized spacial score (nSPS) is 26.3. The second-order valence-electron chi connectivity index (χ2n) is 5.06. The molecule has 1 aliphatic rings. The molecule has 2 nitrogen and oxygen atoms in total. The first kappa shape index (κ1) is 9.97. The van der Waals surface area contributed by atoms with Crippen LogP contribution in [0.4, 0.5) is 5.13 Å². The van der Waals surface area contributed by atoms with Crippen molar-refractivity contribution in [1.82, 2.24) is 4.98 Å². The Kier molecular flexibility index (Phi) is 2.52. The van der Waals surface area contributed by atoms with Crippen LogP contribution in [0.15, 0.2) is 6.20 Å². The molecule has 1 aromatic rings. The number of anilines is 1. The first-order valence-electron chi connectivity index (χ1n) is 5.28. The topological polar surface area (TPSA) is 38.9 Å². The third kappa shape index (κ3) is 2.08. The van der Waals surface area contributed by atoms with E-state index in [4.69, 9.17) is 5.73 Å². The summed E-state index contributed by atoms with van der Waals surface area (Å²) in [5, 5.41) is 0.711. The van der Waals surface area contributed by atoms with E-state index < -0.39 is 0 Å². The molecule has 1 aromatic heterocycles. The summed E-state index contributed by atoms with van der Waals surface area (Å²) < 4.78 is 0. The molecule has 0 spiro atoms. The lowest BCUT2D eigenvalue weighted by molar-refractivity contribution is 0.221. The fourth-order valence-electron chi connectivity index (χ4n) is 2.43. The Balaban J connectivity index is 2.12.